The maximum absolute atomic E-state index is 13.1. The summed E-state index contributed by atoms with van der Waals surface area (Å²) >= 11 is 0. The van der Waals surface area contributed by atoms with Crippen LogP contribution in [0.5, 0.6) is 0 Å². The molecule has 0 atom stereocenters. The number of alkyl halides is 3. The lowest BCUT2D eigenvalue weighted by molar-refractivity contribution is -0.141. The largest absolute Gasteiger partial charge is 0.433 e. The van der Waals surface area contributed by atoms with E-state index in [1.54, 1.807) is 30.3 Å². The lowest BCUT2D eigenvalue weighted by Crippen LogP contribution is -2.23. The highest BCUT2D eigenvalue weighted by Gasteiger charge is 2.34. The fourth-order valence-corrected chi connectivity index (χ4v) is 2.09. The number of carbonyl (C=O) groups excluding carboxylic acids is 1. The minimum absolute atomic E-state index is 0.144. The topological polar surface area (TPSA) is 92.7 Å². The molecule has 0 saturated heterocycles. The molecule has 3 aromatic rings. The summed E-state index contributed by atoms with van der Waals surface area (Å²) in [4.78, 5) is 27.4. The Morgan fingerprint density at radius 3 is 2.33 bits per heavy atom. The first-order valence-electron chi connectivity index (χ1n) is 7.74. The Morgan fingerprint density at radius 2 is 1.70 bits per heavy atom. The highest BCUT2D eigenvalue weighted by atomic mass is 19.4. The van der Waals surface area contributed by atoms with Gasteiger partial charge in [0.15, 0.2) is 11.5 Å². The summed E-state index contributed by atoms with van der Waals surface area (Å²) in [5, 5.41) is 5.08. The van der Waals surface area contributed by atoms with Crippen molar-refractivity contribution >= 4 is 17.5 Å². The summed E-state index contributed by atoms with van der Waals surface area (Å²) in [6.07, 6.45) is -1.74. The first-order chi connectivity index (χ1) is 12.9. The Balaban J connectivity index is 1.79. The number of nitrogens with one attached hydrogen (secondary N) is 2. The fourth-order valence-electron chi connectivity index (χ4n) is 2.09. The van der Waals surface area contributed by atoms with Crippen molar-refractivity contribution < 1.29 is 18.0 Å². The zero-order chi connectivity index (χ0) is 19.3. The lowest BCUT2D eigenvalue weighted by Gasteiger charge is -2.11. The van der Waals surface area contributed by atoms with Crippen LogP contribution in [0, 0.1) is 0 Å². The molecule has 3 heterocycles. The van der Waals surface area contributed by atoms with E-state index in [1.165, 1.54) is 18.5 Å². The highest BCUT2D eigenvalue weighted by Crippen LogP contribution is 2.30. The van der Waals surface area contributed by atoms with Gasteiger partial charge in [-0.1, -0.05) is 12.1 Å². The van der Waals surface area contributed by atoms with Crippen molar-refractivity contribution in [1.29, 1.82) is 0 Å². The smallest absolute Gasteiger partial charge is 0.361 e. The molecule has 1 amide bonds. The Bertz CT molecular complexity index is 919. The van der Waals surface area contributed by atoms with Gasteiger partial charge in [-0.2, -0.15) is 13.2 Å². The van der Waals surface area contributed by atoms with Crippen molar-refractivity contribution in [3.63, 3.8) is 0 Å². The van der Waals surface area contributed by atoms with Gasteiger partial charge in [-0.3, -0.25) is 9.78 Å². The van der Waals surface area contributed by atoms with E-state index in [0.29, 0.717) is 5.82 Å². The molecule has 0 aliphatic heterocycles. The van der Waals surface area contributed by atoms with Crippen molar-refractivity contribution in [2.45, 2.75) is 6.18 Å². The number of pyridine rings is 2. The summed E-state index contributed by atoms with van der Waals surface area (Å²) in [6, 6.07) is 10.4. The van der Waals surface area contributed by atoms with Crippen LogP contribution in [-0.2, 0) is 11.0 Å². The third-order valence-corrected chi connectivity index (χ3v) is 3.27. The van der Waals surface area contributed by atoms with Gasteiger partial charge in [0.25, 0.3) is 0 Å². The number of nitrogens with zero attached hydrogens (tertiary/aromatic N) is 4. The molecule has 0 spiro atoms. The number of amides is 1. The van der Waals surface area contributed by atoms with Gasteiger partial charge >= 0.3 is 6.18 Å². The van der Waals surface area contributed by atoms with Crippen molar-refractivity contribution in [3.05, 3.63) is 60.6 Å². The SMILES string of the molecule is O=C(CNc1cc(C(F)(F)F)nc(-c2ccccn2)n1)Nc1ccccn1. The van der Waals surface area contributed by atoms with E-state index in [2.05, 4.69) is 30.6 Å². The monoisotopic (exact) mass is 374 g/mol. The summed E-state index contributed by atoms with van der Waals surface area (Å²) < 4.78 is 39.4. The molecule has 0 unspecified atom stereocenters. The van der Waals surface area contributed by atoms with Crippen molar-refractivity contribution in [1.82, 2.24) is 19.9 Å². The molecule has 0 aliphatic carbocycles. The first kappa shape index (κ1) is 18.2. The Hall–Kier alpha value is -3.56. The minimum Gasteiger partial charge on any atom is -0.361 e. The molecular formula is C17H13F3N6O. The lowest BCUT2D eigenvalue weighted by atomic mass is 10.3. The molecular weight excluding hydrogens is 361 g/mol. The average molecular weight is 374 g/mol. The second-order valence-electron chi connectivity index (χ2n) is 5.29. The molecule has 3 rings (SSSR count). The molecule has 0 aliphatic rings. The molecule has 10 heteroatoms. The number of anilines is 2. The fraction of sp³-hybridized carbons (Fsp3) is 0.118. The molecule has 0 fully saturated rings. The van der Waals surface area contributed by atoms with Crippen molar-refractivity contribution in [2.75, 3.05) is 17.2 Å². The van der Waals surface area contributed by atoms with Crippen molar-refractivity contribution in [2.24, 2.45) is 0 Å². The normalized spacial score (nSPS) is 11.1. The molecule has 0 radical (unpaired) electrons. The standard InChI is InChI=1S/C17H13F3N6O/c18-17(19,20)12-9-14(26-16(24-12)11-5-1-3-7-21-11)23-10-15(27)25-13-6-2-4-8-22-13/h1-9H,10H2,(H,22,25,27)(H,23,24,26). The summed E-state index contributed by atoms with van der Waals surface area (Å²) in [6.45, 7) is -0.299. The van der Waals surface area contributed by atoms with E-state index in [9.17, 15) is 18.0 Å². The summed E-state index contributed by atoms with van der Waals surface area (Å²) in [5.41, 5.74) is -0.949. The first-order valence-corrected chi connectivity index (χ1v) is 7.74. The van der Waals surface area contributed by atoms with Gasteiger partial charge < -0.3 is 10.6 Å². The predicted octanol–water partition coefficient (Wildman–Crippen LogP) is 3.00. The van der Waals surface area contributed by atoms with E-state index in [4.69, 9.17) is 0 Å². The Morgan fingerprint density at radius 1 is 0.963 bits per heavy atom. The maximum atomic E-state index is 13.1. The third kappa shape index (κ3) is 4.97. The molecule has 138 valence electrons. The highest BCUT2D eigenvalue weighted by molar-refractivity contribution is 5.92. The maximum Gasteiger partial charge on any atom is 0.433 e. The Labute approximate surface area is 151 Å². The van der Waals surface area contributed by atoms with Crippen LogP contribution in [0.25, 0.3) is 11.5 Å². The van der Waals surface area contributed by atoms with Crippen LogP contribution in [0.3, 0.4) is 0 Å². The molecule has 0 bridgehead atoms. The van der Waals surface area contributed by atoms with Gasteiger partial charge in [0, 0.05) is 18.5 Å². The van der Waals surface area contributed by atoms with Crippen LogP contribution >= 0.6 is 0 Å². The van der Waals surface area contributed by atoms with Gasteiger partial charge in [-0.25, -0.2) is 15.0 Å². The average Bonchev–Trinajstić information content (AvgIpc) is 2.67. The number of rotatable bonds is 5. The summed E-state index contributed by atoms with van der Waals surface area (Å²) in [5.74, 6) is -0.496. The summed E-state index contributed by atoms with van der Waals surface area (Å²) in [7, 11) is 0. The zero-order valence-electron chi connectivity index (χ0n) is 13.7. The van der Waals surface area contributed by atoms with Crippen LogP contribution < -0.4 is 10.6 Å². The molecule has 27 heavy (non-hydrogen) atoms. The minimum atomic E-state index is -4.67. The van der Waals surface area contributed by atoms with Gasteiger partial charge in [0.05, 0.1) is 6.54 Å². The van der Waals surface area contributed by atoms with Crippen LogP contribution in [-0.4, -0.2) is 32.4 Å². The predicted molar refractivity (Wildman–Crippen MR) is 91.6 cm³/mol. The second-order valence-corrected chi connectivity index (χ2v) is 5.29. The van der Waals surface area contributed by atoms with E-state index >= 15 is 0 Å². The van der Waals surface area contributed by atoms with E-state index in [1.807, 2.05) is 0 Å². The van der Waals surface area contributed by atoms with E-state index < -0.39 is 17.8 Å². The zero-order valence-corrected chi connectivity index (χ0v) is 13.7. The van der Waals surface area contributed by atoms with Crippen LogP contribution in [0.15, 0.2) is 54.9 Å². The van der Waals surface area contributed by atoms with Gasteiger partial charge in [0.1, 0.15) is 17.3 Å². The number of hydrogen-bond acceptors (Lipinski definition) is 6. The quantitative estimate of drug-likeness (QED) is 0.713. The molecule has 0 aromatic carbocycles. The van der Waals surface area contributed by atoms with E-state index in [-0.39, 0.29) is 23.9 Å². The van der Waals surface area contributed by atoms with Crippen LogP contribution in [0.1, 0.15) is 5.69 Å². The third-order valence-electron chi connectivity index (χ3n) is 3.27. The molecule has 7 nitrogen and oxygen atoms in total. The van der Waals surface area contributed by atoms with Crippen LogP contribution in [0.4, 0.5) is 24.8 Å². The molecule has 0 saturated carbocycles. The van der Waals surface area contributed by atoms with Gasteiger partial charge in [-0.15, -0.1) is 0 Å². The number of carbonyl (C=O) groups is 1. The van der Waals surface area contributed by atoms with Gasteiger partial charge in [0.2, 0.25) is 5.91 Å². The molecule has 2 N–H and O–H groups in total. The number of halogens is 3. The molecule has 3 aromatic heterocycles. The Kier molecular flexibility index (Phi) is 5.25. The van der Waals surface area contributed by atoms with Crippen LogP contribution in [0.2, 0.25) is 0 Å². The van der Waals surface area contributed by atoms with E-state index in [0.717, 1.165) is 6.07 Å². The second kappa shape index (κ2) is 7.77. The van der Waals surface area contributed by atoms with Gasteiger partial charge in [-0.05, 0) is 24.3 Å². The number of hydrogen-bond donors (Lipinski definition) is 2. The number of aromatic nitrogens is 4. The van der Waals surface area contributed by atoms with Crippen molar-refractivity contribution in [3.8, 4) is 11.5 Å².